The molecule has 0 N–H and O–H groups in total. The van der Waals surface area contributed by atoms with E-state index >= 15 is 0 Å². The average molecular weight is 602 g/mol. The predicted octanol–water partition coefficient (Wildman–Crippen LogP) is 11.3. The van der Waals surface area contributed by atoms with Crippen LogP contribution in [0, 0.1) is 0 Å². The molecule has 7 aromatic carbocycles. The zero-order chi connectivity index (χ0) is 31.2. The molecule has 4 heteroatoms. The summed E-state index contributed by atoms with van der Waals surface area (Å²) in [6, 6.07) is 56.3. The highest BCUT2D eigenvalue weighted by Gasteiger charge is 2.20. The fraction of sp³-hybridized carbons (Fsp3) is 0. The van der Waals surface area contributed by atoms with Gasteiger partial charge >= 0.3 is 0 Å². The van der Waals surface area contributed by atoms with Crippen LogP contribution in [0.5, 0.6) is 0 Å². The maximum atomic E-state index is 6.59. The maximum absolute atomic E-state index is 6.59. The normalized spacial score (nSPS) is 11.4. The lowest BCUT2D eigenvalue weighted by atomic mass is 9.96. The van der Waals surface area contributed by atoms with Crippen LogP contribution in [0.3, 0.4) is 0 Å². The number of hydrogen-bond acceptors (Lipinski definition) is 4. The smallest absolute Gasteiger partial charge is 0.164 e. The molecular formula is C43H27N3O. The molecule has 47 heavy (non-hydrogen) atoms. The highest BCUT2D eigenvalue weighted by atomic mass is 16.3. The summed E-state index contributed by atoms with van der Waals surface area (Å²) in [6.45, 7) is 0. The van der Waals surface area contributed by atoms with Gasteiger partial charge in [-0.05, 0) is 51.9 Å². The summed E-state index contributed by atoms with van der Waals surface area (Å²) in [5, 5.41) is 4.13. The van der Waals surface area contributed by atoms with Gasteiger partial charge < -0.3 is 4.42 Å². The number of fused-ring (bicyclic) bond motifs is 5. The monoisotopic (exact) mass is 601 g/mol. The summed E-state index contributed by atoms with van der Waals surface area (Å²) < 4.78 is 6.59. The molecule has 9 rings (SSSR count). The Morgan fingerprint density at radius 2 is 0.851 bits per heavy atom. The fourth-order valence-corrected chi connectivity index (χ4v) is 6.39. The van der Waals surface area contributed by atoms with Gasteiger partial charge in [-0.3, -0.25) is 0 Å². The molecule has 4 nitrogen and oxygen atoms in total. The van der Waals surface area contributed by atoms with E-state index in [9.17, 15) is 0 Å². The van der Waals surface area contributed by atoms with E-state index in [0.29, 0.717) is 17.5 Å². The third-order valence-electron chi connectivity index (χ3n) is 8.73. The second kappa shape index (κ2) is 11.2. The van der Waals surface area contributed by atoms with E-state index in [-0.39, 0.29) is 0 Å². The Hall–Kier alpha value is -6.39. The zero-order valence-electron chi connectivity index (χ0n) is 25.3. The van der Waals surface area contributed by atoms with Gasteiger partial charge in [0.05, 0.1) is 0 Å². The molecule has 0 aliphatic carbocycles. The second-order valence-corrected chi connectivity index (χ2v) is 11.6. The van der Waals surface area contributed by atoms with E-state index in [1.165, 1.54) is 5.56 Å². The lowest BCUT2D eigenvalue weighted by Crippen LogP contribution is -2.00. The molecule has 0 unspecified atom stereocenters. The second-order valence-electron chi connectivity index (χ2n) is 11.6. The summed E-state index contributed by atoms with van der Waals surface area (Å²) in [4.78, 5) is 15.3. The van der Waals surface area contributed by atoms with Crippen LogP contribution in [0.2, 0.25) is 0 Å². The number of aromatic nitrogens is 3. The number of rotatable bonds is 5. The first kappa shape index (κ1) is 27.0. The molecule has 0 fully saturated rings. The summed E-state index contributed by atoms with van der Waals surface area (Å²) in [6.07, 6.45) is 0. The molecule has 220 valence electrons. The Morgan fingerprint density at radius 1 is 0.362 bits per heavy atom. The third kappa shape index (κ3) is 4.84. The van der Waals surface area contributed by atoms with Gasteiger partial charge in [0, 0.05) is 32.8 Å². The van der Waals surface area contributed by atoms with Gasteiger partial charge in [-0.2, -0.15) is 0 Å². The van der Waals surface area contributed by atoms with Gasteiger partial charge in [-0.15, -0.1) is 0 Å². The molecule has 0 aliphatic rings. The van der Waals surface area contributed by atoms with Gasteiger partial charge in [-0.1, -0.05) is 140 Å². The molecule has 2 heterocycles. The molecule has 0 bridgehead atoms. The number of hydrogen-bond donors (Lipinski definition) is 0. The average Bonchev–Trinajstić information content (AvgIpc) is 3.55. The number of para-hydroxylation sites is 1. The van der Waals surface area contributed by atoms with Crippen molar-refractivity contribution in [3.05, 3.63) is 164 Å². The maximum Gasteiger partial charge on any atom is 0.164 e. The van der Waals surface area contributed by atoms with Crippen LogP contribution >= 0.6 is 0 Å². The van der Waals surface area contributed by atoms with Crippen molar-refractivity contribution in [2.75, 3.05) is 0 Å². The summed E-state index contributed by atoms with van der Waals surface area (Å²) >= 11 is 0. The molecule has 0 radical (unpaired) electrons. The first-order valence-corrected chi connectivity index (χ1v) is 15.7. The predicted molar refractivity (Wildman–Crippen MR) is 192 cm³/mol. The number of furan rings is 1. The van der Waals surface area contributed by atoms with Crippen LogP contribution in [0.4, 0.5) is 0 Å². The highest BCUT2D eigenvalue weighted by molar-refractivity contribution is 6.21. The van der Waals surface area contributed by atoms with Crippen molar-refractivity contribution in [2.45, 2.75) is 0 Å². The molecule has 0 spiro atoms. The quantitative estimate of drug-likeness (QED) is 0.197. The van der Waals surface area contributed by atoms with E-state index in [4.69, 9.17) is 19.4 Å². The largest absolute Gasteiger partial charge is 0.455 e. The van der Waals surface area contributed by atoms with E-state index in [1.807, 2.05) is 60.7 Å². The molecule has 2 aromatic heterocycles. The Labute approximate surface area is 271 Å². The van der Waals surface area contributed by atoms with Crippen molar-refractivity contribution in [3.8, 4) is 56.4 Å². The minimum absolute atomic E-state index is 0.601. The van der Waals surface area contributed by atoms with Gasteiger partial charge in [0.15, 0.2) is 17.5 Å². The molecule has 0 saturated carbocycles. The van der Waals surface area contributed by atoms with Crippen molar-refractivity contribution in [1.82, 2.24) is 15.0 Å². The molecule has 0 aliphatic heterocycles. The lowest BCUT2D eigenvalue weighted by Gasteiger charge is -2.12. The number of benzene rings is 7. The first-order chi connectivity index (χ1) is 23.3. The standard InChI is InChI=1S/C43H27N3O/c1-4-12-28(13-5-1)30-20-22-32(23-21-30)42-44-41(31-16-8-3-9-17-31)45-43(46-42)37-27-34-26-33(29-14-6-2-7-15-29)24-25-35(34)40-39(37)36-18-10-11-19-38(36)47-40/h1-27H. The van der Waals surface area contributed by atoms with E-state index < -0.39 is 0 Å². The van der Waals surface area contributed by atoms with Crippen molar-refractivity contribution >= 4 is 32.7 Å². The van der Waals surface area contributed by atoms with Gasteiger partial charge in [-0.25, -0.2) is 15.0 Å². The van der Waals surface area contributed by atoms with Crippen LogP contribution < -0.4 is 0 Å². The van der Waals surface area contributed by atoms with Crippen LogP contribution in [0.1, 0.15) is 0 Å². The topological polar surface area (TPSA) is 51.8 Å². The lowest BCUT2D eigenvalue weighted by molar-refractivity contribution is 0.672. The Kier molecular flexibility index (Phi) is 6.43. The molecule has 0 amide bonds. The minimum atomic E-state index is 0.601. The summed E-state index contributed by atoms with van der Waals surface area (Å²) in [7, 11) is 0. The minimum Gasteiger partial charge on any atom is -0.455 e. The number of nitrogens with zero attached hydrogens (tertiary/aromatic N) is 3. The van der Waals surface area contributed by atoms with Crippen molar-refractivity contribution < 1.29 is 4.42 Å². The van der Waals surface area contributed by atoms with E-state index in [0.717, 1.165) is 66.1 Å². The Bertz CT molecular complexity index is 2540. The fourth-order valence-electron chi connectivity index (χ4n) is 6.39. The van der Waals surface area contributed by atoms with Gasteiger partial charge in [0.25, 0.3) is 0 Å². The third-order valence-corrected chi connectivity index (χ3v) is 8.73. The van der Waals surface area contributed by atoms with Crippen molar-refractivity contribution in [2.24, 2.45) is 0 Å². The van der Waals surface area contributed by atoms with Crippen LogP contribution in [-0.4, -0.2) is 15.0 Å². The van der Waals surface area contributed by atoms with Crippen molar-refractivity contribution in [3.63, 3.8) is 0 Å². The molecule has 0 atom stereocenters. The SMILES string of the molecule is c1ccc(-c2ccc(-c3nc(-c4ccccc4)nc(-c4cc5cc(-c6ccccc6)ccc5c5oc6ccccc6c45)n3)cc2)cc1. The first-order valence-electron chi connectivity index (χ1n) is 15.7. The Morgan fingerprint density at radius 3 is 1.53 bits per heavy atom. The zero-order valence-corrected chi connectivity index (χ0v) is 25.3. The van der Waals surface area contributed by atoms with Crippen LogP contribution in [-0.2, 0) is 0 Å². The summed E-state index contributed by atoms with van der Waals surface area (Å²) in [5.74, 6) is 1.84. The van der Waals surface area contributed by atoms with Gasteiger partial charge in [0.2, 0.25) is 0 Å². The highest BCUT2D eigenvalue weighted by Crippen LogP contribution is 2.42. The van der Waals surface area contributed by atoms with E-state index in [1.54, 1.807) is 0 Å². The summed E-state index contributed by atoms with van der Waals surface area (Å²) in [5.41, 5.74) is 9.02. The molecule has 9 aromatic rings. The van der Waals surface area contributed by atoms with Crippen LogP contribution in [0.15, 0.2) is 168 Å². The Balaban J connectivity index is 1.30. The van der Waals surface area contributed by atoms with E-state index in [2.05, 4.69) is 103 Å². The molecule has 0 saturated heterocycles. The van der Waals surface area contributed by atoms with Crippen molar-refractivity contribution in [1.29, 1.82) is 0 Å². The van der Waals surface area contributed by atoms with Crippen LogP contribution in [0.25, 0.3) is 89.1 Å². The van der Waals surface area contributed by atoms with Gasteiger partial charge in [0.1, 0.15) is 11.2 Å². The molecular weight excluding hydrogens is 574 g/mol.